The van der Waals surface area contributed by atoms with Crippen molar-refractivity contribution < 1.29 is 13.2 Å². The van der Waals surface area contributed by atoms with E-state index in [1.165, 1.54) is 26.2 Å². The molecule has 1 aromatic carbocycles. The summed E-state index contributed by atoms with van der Waals surface area (Å²) in [7, 11) is -0.593. The molecule has 0 unspecified atom stereocenters. The van der Waals surface area contributed by atoms with Crippen LogP contribution in [0.3, 0.4) is 0 Å². The lowest BCUT2D eigenvalue weighted by Gasteiger charge is -2.16. The first kappa shape index (κ1) is 18.6. The van der Waals surface area contributed by atoms with Crippen molar-refractivity contribution in [1.82, 2.24) is 9.62 Å². The van der Waals surface area contributed by atoms with E-state index in [0.29, 0.717) is 11.5 Å². The summed E-state index contributed by atoms with van der Waals surface area (Å²) in [6, 6.07) is 6.18. The third-order valence-corrected chi connectivity index (χ3v) is 5.24. The molecule has 0 fully saturated rings. The summed E-state index contributed by atoms with van der Waals surface area (Å²) in [5, 5.41) is 2.91. The molecule has 0 aromatic heterocycles. The lowest BCUT2D eigenvalue weighted by Crippen LogP contribution is -2.33. The van der Waals surface area contributed by atoms with Crippen LogP contribution in [0.25, 0.3) is 0 Å². The molecule has 124 valence electrons. The summed E-state index contributed by atoms with van der Waals surface area (Å²) in [4.78, 5) is 12.4. The maximum absolute atomic E-state index is 12.2. The molecule has 22 heavy (non-hydrogen) atoms. The Labute approximate surface area is 133 Å². The summed E-state index contributed by atoms with van der Waals surface area (Å²) in [6.45, 7) is 6.24. The first-order valence-electron chi connectivity index (χ1n) is 7.48. The molecule has 1 N–H and O–H groups in total. The van der Waals surface area contributed by atoms with Gasteiger partial charge in [0.25, 0.3) is 5.91 Å². The van der Waals surface area contributed by atoms with Crippen LogP contribution < -0.4 is 5.32 Å². The van der Waals surface area contributed by atoms with Crippen LogP contribution >= 0.6 is 0 Å². The predicted octanol–water partition coefficient (Wildman–Crippen LogP) is 2.49. The van der Waals surface area contributed by atoms with E-state index in [-0.39, 0.29) is 16.8 Å². The normalized spacial score (nSPS) is 13.4. The molecule has 6 heteroatoms. The van der Waals surface area contributed by atoms with Crippen molar-refractivity contribution in [2.24, 2.45) is 5.92 Å². The smallest absolute Gasteiger partial charge is 0.251 e. The molecule has 0 spiro atoms. The molecule has 5 nitrogen and oxygen atoms in total. The lowest BCUT2D eigenvalue weighted by atomic mass is 10.0. The highest BCUT2D eigenvalue weighted by atomic mass is 32.2. The minimum atomic E-state index is -3.53. The molecule has 0 aliphatic heterocycles. The van der Waals surface area contributed by atoms with Gasteiger partial charge in [0.15, 0.2) is 0 Å². The molecule has 0 aliphatic carbocycles. The van der Waals surface area contributed by atoms with Crippen LogP contribution in [-0.4, -0.2) is 38.8 Å². The number of hydrogen-bond acceptors (Lipinski definition) is 3. The molecule has 0 saturated heterocycles. The van der Waals surface area contributed by atoms with Gasteiger partial charge in [-0.15, -0.1) is 0 Å². The summed E-state index contributed by atoms with van der Waals surface area (Å²) in [5.41, 5.74) is 0.360. The van der Waals surface area contributed by atoms with E-state index in [1.807, 2.05) is 6.92 Å². The fraction of sp³-hybridized carbons (Fsp3) is 0.562. The summed E-state index contributed by atoms with van der Waals surface area (Å²) in [5.74, 6) is 0.347. The maximum Gasteiger partial charge on any atom is 0.251 e. The van der Waals surface area contributed by atoms with E-state index in [2.05, 4.69) is 19.2 Å². The van der Waals surface area contributed by atoms with Gasteiger partial charge in [-0.05, 0) is 43.9 Å². The van der Waals surface area contributed by atoms with Crippen LogP contribution in [0.2, 0.25) is 0 Å². The molecule has 1 amide bonds. The molecule has 0 aliphatic rings. The third-order valence-electron chi connectivity index (χ3n) is 3.43. The van der Waals surface area contributed by atoms with Crippen LogP contribution in [0, 0.1) is 5.92 Å². The molecular weight excluding hydrogens is 300 g/mol. The van der Waals surface area contributed by atoms with Crippen molar-refractivity contribution in [2.45, 2.75) is 44.6 Å². The zero-order chi connectivity index (χ0) is 16.9. The number of nitrogens with one attached hydrogen (secondary N) is 1. The monoisotopic (exact) mass is 326 g/mol. The third kappa shape index (κ3) is 5.10. The van der Waals surface area contributed by atoms with Crippen LogP contribution in [0.15, 0.2) is 29.2 Å². The standard InChI is InChI=1S/C16H26N2O3S/c1-12(2)9-10-13(3)17-16(19)14-7-6-8-15(11-14)22(20,21)18(4)5/h6-8,11-13H,9-10H2,1-5H3,(H,17,19)/t13-/m1/s1. The maximum atomic E-state index is 12.2. The molecule has 1 rings (SSSR count). The summed E-state index contributed by atoms with van der Waals surface area (Å²) in [6.07, 6.45) is 1.94. The van der Waals surface area contributed by atoms with Crippen molar-refractivity contribution in [3.05, 3.63) is 29.8 Å². The SMILES string of the molecule is CC(C)CC[C@@H](C)NC(=O)c1cccc(S(=O)(=O)N(C)C)c1. The number of nitrogens with zero attached hydrogens (tertiary/aromatic N) is 1. The minimum Gasteiger partial charge on any atom is -0.350 e. The Morgan fingerprint density at radius 3 is 2.36 bits per heavy atom. The van der Waals surface area contributed by atoms with Crippen molar-refractivity contribution in [3.63, 3.8) is 0 Å². The van der Waals surface area contributed by atoms with Gasteiger partial charge in [0.2, 0.25) is 10.0 Å². The largest absolute Gasteiger partial charge is 0.350 e. The van der Waals surface area contributed by atoms with E-state index < -0.39 is 10.0 Å². The minimum absolute atomic E-state index is 0.0593. The second-order valence-corrected chi connectivity index (χ2v) is 8.31. The van der Waals surface area contributed by atoms with Gasteiger partial charge in [-0.25, -0.2) is 12.7 Å². The topological polar surface area (TPSA) is 66.5 Å². The number of amides is 1. The van der Waals surface area contributed by atoms with Gasteiger partial charge < -0.3 is 5.32 Å². The van der Waals surface area contributed by atoms with Gasteiger partial charge in [0, 0.05) is 25.7 Å². The highest BCUT2D eigenvalue weighted by Gasteiger charge is 2.19. The van der Waals surface area contributed by atoms with Gasteiger partial charge in [-0.1, -0.05) is 19.9 Å². The number of rotatable bonds is 7. The van der Waals surface area contributed by atoms with E-state index in [4.69, 9.17) is 0 Å². The Hall–Kier alpha value is -1.40. The van der Waals surface area contributed by atoms with Crippen LogP contribution in [-0.2, 0) is 10.0 Å². The van der Waals surface area contributed by atoms with Crippen LogP contribution in [0.1, 0.15) is 44.0 Å². The van der Waals surface area contributed by atoms with Gasteiger partial charge in [0.05, 0.1) is 4.90 Å². The van der Waals surface area contributed by atoms with Gasteiger partial charge in [-0.3, -0.25) is 4.79 Å². The van der Waals surface area contributed by atoms with Crippen molar-refractivity contribution in [3.8, 4) is 0 Å². The Balaban J connectivity index is 2.83. The second kappa shape index (κ2) is 7.74. The molecule has 0 heterocycles. The Kier molecular flexibility index (Phi) is 6.56. The zero-order valence-electron chi connectivity index (χ0n) is 14.0. The molecule has 1 atom stereocenters. The first-order valence-corrected chi connectivity index (χ1v) is 8.92. The number of hydrogen-bond donors (Lipinski definition) is 1. The molecule has 1 aromatic rings. The van der Waals surface area contributed by atoms with Crippen molar-refractivity contribution in [2.75, 3.05) is 14.1 Å². The first-order chi connectivity index (χ1) is 10.1. The van der Waals surface area contributed by atoms with Crippen molar-refractivity contribution >= 4 is 15.9 Å². The van der Waals surface area contributed by atoms with Gasteiger partial charge in [0.1, 0.15) is 0 Å². The Morgan fingerprint density at radius 1 is 1.18 bits per heavy atom. The number of carbonyl (C=O) groups excluding carboxylic acids is 1. The van der Waals surface area contributed by atoms with Crippen molar-refractivity contribution in [1.29, 1.82) is 0 Å². The van der Waals surface area contributed by atoms with E-state index in [1.54, 1.807) is 12.1 Å². The molecule has 0 saturated carbocycles. The quantitative estimate of drug-likeness (QED) is 0.837. The zero-order valence-corrected chi connectivity index (χ0v) is 14.8. The van der Waals surface area contributed by atoms with Gasteiger partial charge in [-0.2, -0.15) is 0 Å². The second-order valence-electron chi connectivity index (χ2n) is 6.16. The number of sulfonamides is 1. The highest BCUT2D eigenvalue weighted by molar-refractivity contribution is 7.89. The fourth-order valence-corrected chi connectivity index (χ4v) is 2.92. The fourth-order valence-electron chi connectivity index (χ4n) is 1.97. The molecule has 0 radical (unpaired) electrons. The molecule has 0 bridgehead atoms. The lowest BCUT2D eigenvalue weighted by molar-refractivity contribution is 0.0937. The summed E-state index contributed by atoms with van der Waals surface area (Å²) >= 11 is 0. The van der Waals surface area contributed by atoms with E-state index in [9.17, 15) is 13.2 Å². The highest BCUT2D eigenvalue weighted by Crippen LogP contribution is 2.15. The van der Waals surface area contributed by atoms with E-state index >= 15 is 0 Å². The van der Waals surface area contributed by atoms with Crippen LogP contribution in [0.5, 0.6) is 0 Å². The molecular formula is C16H26N2O3S. The van der Waals surface area contributed by atoms with Gasteiger partial charge >= 0.3 is 0 Å². The van der Waals surface area contributed by atoms with E-state index in [0.717, 1.165) is 17.1 Å². The average Bonchev–Trinajstić information content (AvgIpc) is 2.45. The number of carbonyl (C=O) groups is 1. The number of benzene rings is 1. The average molecular weight is 326 g/mol. The van der Waals surface area contributed by atoms with Crippen LogP contribution in [0.4, 0.5) is 0 Å². The Morgan fingerprint density at radius 2 is 1.82 bits per heavy atom. The summed E-state index contributed by atoms with van der Waals surface area (Å²) < 4.78 is 25.3. The predicted molar refractivity (Wildman–Crippen MR) is 88.3 cm³/mol. The Bertz CT molecular complexity index is 610.